The first-order chi connectivity index (χ1) is 10.9. The molecule has 1 aliphatic rings. The minimum atomic E-state index is -3.22. The third-order valence-corrected chi connectivity index (χ3v) is 5.30. The Morgan fingerprint density at radius 1 is 1.09 bits per heavy atom. The van der Waals surface area contributed by atoms with Gasteiger partial charge >= 0.3 is 0 Å². The van der Waals surface area contributed by atoms with Crippen LogP contribution in [0.25, 0.3) is 0 Å². The quantitative estimate of drug-likeness (QED) is 0.914. The fourth-order valence-electron chi connectivity index (χ4n) is 2.85. The fourth-order valence-corrected chi connectivity index (χ4v) is 3.48. The smallest absolute Gasteiger partial charge is 0.175 e. The van der Waals surface area contributed by atoms with E-state index in [0.717, 1.165) is 24.8 Å². The zero-order chi connectivity index (χ0) is 16.4. The molecule has 2 aromatic carbocycles. The van der Waals surface area contributed by atoms with Crippen molar-refractivity contribution in [2.45, 2.75) is 30.3 Å². The van der Waals surface area contributed by atoms with Gasteiger partial charge in [0.2, 0.25) is 0 Å². The monoisotopic (exact) mass is 332 g/mol. The minimum Gasteiger partial charge on any atom is -0.491 e. The molecule has 0 aromatic heterocycles. The zero-order valence-corrected chi connectivity index (χ0v) is 13.8. The highest BCUT2D eigenvalue weighted by molar-refractivity contribution is 7.90. The van der Waals surface area contributed by atoms with Crippen molar-refractivity contribution in [3.8, 4) is 5.75 Å². The lowest BCUT2D eigenvalue weighted by atomic mass is 10.1. The predicted molar refractivity (Wildman–Crippen MR) is 88.5 cm³/mol. The summed E-state index contributed by atoms with van der Waals surface area (Å²) < 4.78 is 28.5. The van der Waals surface area contributed by atoms with E-state index in [9.17, 15) is 13.5 Å². The Hall–Kier alpha value is -1.85. The van der Waals surface area contributed by atoms with E-state index in [1.54, 1.807) is 12.1 Å². The summed E-state index contributed by atoms with van der Waals surface area (Å²) >= 11 is 0. The first-order valence-electron chi connectivity index (χ1n) is 7.66. The van der Waals surface area contributed by atoms with E-state index in [-0.39, 0.29) is 11.5 Å². The van der Waals surface area contributed by atoms with E-state index in [0.29, 0.717) is 5.56 Å². The molecule has 0 radical (unpaired) electrons. The minimum absolute atomic E-state index is 0.136. The molecule has 0 fully saturated rings. The second-order valence-electron chi connectivity index (χ2n) is 5.95. The van der Waals surface area contributed by atoms with Crippen molar-refractivity contribution in [1.82, 2.24) is 0 Å². The Kier molecular flexibility index (Phi) is 4.41. The summed E-state index contributed by atoms with van der Waals surface area (Å²) in [7, 11) is -3.22. The number of aliphatic hydroxyl groups excluding tert-OH is 1. The maximum Gasteiger partial charge on any atom is 0.175 e. The second-order valence-corrected chi connectivity index (χ2v) is 7.97. The van der Waals surface area contributed by atoms with Gasteiger partial charge in [0.15, 0.2) is 9.84 Å². The SMILES string of the molecule is CS(=O)(=O)c1ccc(C(O)COc2ccc3c(c2)CCC3)cc1. The number of rotatable bonds is 5. The van der Waals surface area contributed by atoms with Crippen molar-refractivity contribution in [2.24, 2.45) is 0 Å². The molecule has 5 heteroatoms. The summed E-state index contributed by atoms with van der Waals surface area (Å²) in [5.41, 5.74) is 3.35. The predicted octanol–water partition coefficient (Wildman–Crippen LogP) is 2.69. The highest BCUT2D eigenvalue weighted by atomic mass is 32.2. The molecule has 0 aliphatic heterocycles. The molecular formula is C18H20O4S. The van der Waals surface area contributed by atoms with Crippen LogP contribution in [0.1, 0.15) is 29.2 Å². The lowest BCUT2D eigenvalue weighted by molar-refractivity contribution is 0.108. The second kappa shape index (κ2) is 6.34. The molecule has 0 bridgehead atoms. The molecule has 0 saturated heterocycles. The van der Waals surface area contributed by atoms with Gasteiger partial charge in [-0.1, -0.05) is 18.2 Å². The van der Waals surface area contributed by atoms with Crippen LogP contribution < -0.4 is 4.74 Å². The number of hydrogen-bond donors (Lipinski definition) is 1. The van der Waals surface area contributed by atoms with Crippen molar-refractivity contribution in [3.63, 3.8) is 0 Å². The average Bonchev–Trinajstić information content (AvgIpc) is 2.99. The average molecular weight is 332 g/mol. The first-order valence-corrected chi connectivity index (χ1v) is 9.55. The van der Waals surface area contributed by atoms with Crippen LogP contribution in [0, 0.1) is 0 Å². The van der Waals surface area contributed by atoms with E-state index >= 15 is 0 Å². The zero-order valence-electron chi connectivity index (χ0n) is 13.0. The molecule has 4 nitrogen and oxygen atoms in total. The maximum atomic E-state index is 11.4. The van der Waals surface area contributed by atoms with E-state index in [4.69, 9.17) is 4.74 Å². The Bertz CT molecular complexity index is 794. The summed E-state index contributed by atoms with van der Waals surface area (Å²) in [4.78, 5) is 0.244. The van der Waals surface area contributed by atoms with Gasteiger partial charge in [0.05, 0.1) is 4.90 Å². The summed E-state index contributed by atoms with van der Waals surface area (Å²) in [6.45, 7) is 0.136. The van der Waals surface area contributed by atoms with Crippen LogP contribution in [-0.2, 0) is 22.7 Å². The third-order valence-electron chi connectivity index (χ3n) is 4.17. The largest absolute Gasteiger partial charge is 0.491 e. The number of aliphatic hydroxyl groups is 1. The van der Waals surface area contributed by atoms with Gasteiger partial charge in [-0.2, -0.15) is 0 Å². The van der Waals surface area contributed by atoms with E-state index in [1.807, 2.05) is 12.1 Å². The van der Waals surface area contributed by atoms with Crippen LogP contribution >= 0.6 is 0 Å². The number of hydrogen-bond acceptors (Lipinski definition) is 4. The van der Waals surface area contributed by atoms with Crippen LogP contribution in [0.4, 0.5) is 0 Å². The van der Waals surface area contributed by atoms with Gasteiger partial charge in [-0.25, -0.2) is 8.42 Å². The fraction of sp³-hybridized carbons (Fsp3) is 0.333. The van der Waals surface area contributed by atoms with E-state index in [2.05, 4.69) is 6.07 Å². The van der Waals surface area contributed by atoms with Crippen LogP contribution in [-0.4, -0.2) is 26.4 Å². The summed E-state index contributed by atoms with van der Waals surface area (Å²) in [5.74, 6) is 0.762. The molecule has 2 aromatic rings. The Labute approximate surface area is 136 Å². The van der Waals surface area contributed by atoms with Gasteiger partial charge in [0.1, 0.15) is 18.5 Å². The number of aryl methyl sites for hydroxylation is 2. The first kappa shape index (κ1) is 16.0. The van der Waals surface area contributed by atoms with E-state index in [1.165, 1.54) is 29.7 Å². The van der Waals surface area contributed by atoms with Gasteiger partial charge in [-0.05, 0) is 60.2 Å². The van der Waals surface area contributed by atoms with Crippen LogP contribution in [0.3, 0.4) is 0 Å². The molecule has 1 atom stereocenters. The number of fused-ring (bicyclic) bond motifs is 1. The molecule has 1 N–H and O–H groups in total. The van der Waals surface area contributed by atoms with Crippen molar-refractivity contribution in [3.05, 3.63) is 59.2 Å². The number of sulfone groups is 1. The van der Waals surface area contributed by atoms with E-state index < -0.39 is 15.9 Å². The maximum absolute atomic E-state index is 11.4. The summed E-state index contributed by atoms with van der Waals surface area (Å²) in [5, 5.41) is 10.2. The topological polar surface area (TPSA) is 63.6 Å². The molecule has 0 heterocycles. The summed E-state index contributed by atoms with van der Waals surface area (Å²) in [6.07, 6.45) is 3.77. The van der Waals surface area contributed by atoms with Crippen LogP contribution in [0.2, 0.25) is 0 Å². The molecule has 1 unspecified atom stereocenters. The van der Waals surface area contributed by atoms with Crippen molar-refractivity contribution in [1.29, 1.82) is 0 Å². The summed E-state index contributed by atoms with van der Waals surface area (Å²) in [6, 6.07) is 12.3. The highest BCUT2D eigenvalue weighted by Gasteiger charge is 2.14. The van der Waals surface area contributed by atoms with Gasteiger partial charge in [0, 0.05) is 6.26 Å². The molecule has 0 saturated carbocycles. The van der Waals surface area contributed by atoms with Gasteiger partial charge in [-0.3, -0.25) is 0 Å². The van der Waals surface area contributed by atoms with Crippen molar-refractivity contribution in [2.75, 3.05) is 12.9 Å². The number of ether oxygens (including phenoxy) is 1. The lowest BCUT2D eigenvalue weighted by Gasteiger charge is -2.14. The Balaban J connectivity index is 1.64. The molecule has 23 heavy (non-hydrogen) atoms. The third kappa shape index (κ3) is 3.74. The molecule has 1 aliphatic carbocycles. The van der Waals surface area contributed by atoms with Gasteiger partial charge in [-0.15, -0.1) is 0 Å². The Morgan fingerprint density at radius 2 is 1.78 bits per heavy atom. The van der Waals surface area contributed by atoms with Gasteiger partial charge < -0.3 is 9.84 Å². The lowest BCUT2D eigenvalue weighted by Crippen LogP contribution is -2.10. The number of benzene rings is 2. The van der Waals surface area contributed by atoms with Gasteiger partial charge in [0.25, 0.3) is 0 Å². The molecule has 0 amide bonds. The van der Waals surface area contributed by atoms with Crippen LogP contribution in [0.15, 0.2) is 47.4 Å². The normalized spacial score (nSPS) is 15.2. The van der Waals surface area contributed by atoms with Crippen molar-refractivity contribution < 1.29 is 18.3 Å². The molecule has 0 spiro atoms. The molecular weight excluding hydrogens is 312 g/mol. The highest BCUT2D eigenvalue weighted by Crippen LogP contribution is 2.26. The van der Waals surface area contributed by atoms with Crippen LogP contribution in [0.5, 0.6) is 5.75 Å². The molecule has 3 rings (SSSR count). The molecule has 122 valence electrons. The standard InChI is InChI=1S/C18H20O4S/c1-23(20,21)17-9-6-14(7-10-17)18(19)12-22-16-8-5-13-3-2-4-15(13)11-16/h5-11,18-19H,2-4,12H2,1H3. The Morgan fingerprint density at radius 3 is 2.48 bits per heavy atom. The van der Waals surface area contributed by atoms with Crippen molar-refractivity contribution >= 4 is 9.84 Å².